The number of carbonyl (C=O) groups is 2. The van der Waals surface area contributed by atoms with Crippen molar-refractivity contribution in [2.75, 3.05) is 19.6 Å². The number of nitrogens with one attached hydrogen (secondary N) is 1. The molecule has 7 heteroatoms. The second-order valence-electron chi connectivity index (χ2n) is 4.66. The molecule has 0 radical (unpaired) electrons. The number of carbonyl (C=O) groups excluding carboxylic acids is 2. The van der Waals surface area contributed by atoms with Gasteiger partial charge in [0, 0.05) is 29.7 Å². The zero-order valence-electron chi connectivity index (χ0n) is 11.0. The summed E-state index contributed by atoms with van der Waals surface area (Å²) in [6.07, 6.45) is 0. The minimum atomic E-state index is -0.318. The maximum atomic E-state index is 12.3. The van der Waals surface area contributed by atoms with Gasteiger partial charge in [-0.05, 0) is 12.1 Å². The maximum absolute atomic E-state index is 12.3. The lowest BCUT2D eigenvalue weighted by Gasteiger charge is -2.25. The van der Waals surface area contributed by atoms with Crippen LogP contribution in [0, 0.1) is 0 Å². The number of aromatic nitrogens is 1. The fraction of sp³-hybridized carbons (Fsp3) is 0.214. The van der Waals surface area contributed by atoms with Crippen LogP contribution in [0.3, 0.4) is 0 Å². The molecule has 1 aliphatic heterocycles. The van der Waals surface area contributed by atoms with Gasteiger partial charge in [-0.25, -0.2) is 0 Å². The van der Waals surface area contributed by atoms with E-state index in [0.29, 0.717) is 23.9 Å². The molecule has 2 amide bonds. The molecule has 108 valence electrons. The molecule has 1 saturated heterocycles. The third-order valence-electron chi connectivity index (χ3n) is 3.16. The largest absolute Gasteiger partial charge is 0.355 e. The molecule has 1 aromatic heterocycles. The first-order chi connectivity index (χ1) is 10.1. The summed E-state index contributed by atoms with van der Waals surface area (Å²) in [5.74, 6) is -0.0302. The van der Waals surface area contributed by atoms with Crippen LogP contribution in [0.15, 0.2) is 34.9 Å². The minimum absolute atomic E-state index is 0.0399. The maximum Gasteiger partial charge on any atom is 0.276 e. The van der Waals surface area contributed by atoms with E-state index in [1.807, 2.05) is 6.07 Å². The smallest absolute Gasteiger partial charge is 0.276 e. The van der Waals surface area contributed by atoms with Crippen LogP contribution in [0.1, 0.15) is 10.5 Å². The van der Waals surface area contributed by atoms with Crippen LogP contribution >= 0.6 is 11.6 Å². The molecule has 6 nitrogen and oxygen atoms in total. The van der Waals surface area contributed by atoms with E-state index in [1.165, 1.54) is 4.90 Å². The Balaban J connectivity index is 1.81. The van der Waals surface area contributed by atoms with Gasteiger partial charge in [0.1, 0.15) is 0 Å². The van der Waals surface area contributed by atoms with Gasteiger partial charge in [-0.15, -0.1) is 0 Å². The molecule has 0 bridgehead atoms. The van der Waals surface area contributed by atoms with Crippen LogP contribution in [0.4, 0.5) is 0 Å². The average molecular weight is 306 g/mol. The first-order valence-corrected chi connectivity index (χ1v) is 6.80. The second-order valence-corrected chi connectivity index (χ2v) is 5.10. The summed E-state index contributed by atoms with van der Waals surface area (Å²) in [6, 6.07) is 8.64. The average Bonchev–Trinajstić information content (AvgIpc) is 2.96. The van der Waals surface area contributed by atoms with Crippen LogP contribution in [0.5, 0.6) is 0 Å². The number of nitrogens with zero attached hydrogens (tertiary/aromatic N) is 2. The predicted octanol–water partition coefficient (Wildman–Crippen LogP) is 1.57. The van der Waals surface area contributed by atoms with Crippen LogP contribution in [0.25, 0.3) is 11.3 Å². The Morgan fingerprint density at radius 1 is 1.38 bits per heavy atom. The Bertz CT molecular complexity index is 698. The molecule has 21 heavy (non-hydrogen) atoms. The van der Waals surface area contributed by atoms with Crippen molar-refractivity contribution < 1.29 is 14.1 Å². The van der Waals surface area contributed by atoms with Gasteiger partial charge in [0.2, 0.25) is 5.91 Å². The van der Waals surface area contributed by atoms with Crippen molar-refractivity contribution in [2.45, 2.75) is 0 Å². The zero-order chi connectivity index (χ0) is 14.8. The van der Waals surface area contributed by atoms with Gasteiger partial charge in [-0.3, -0.25) is 9.59 Å². The SMILES string of the molecule is O=C1CN(C(=O)c2cc(-c3cccc(Cl)c3)on2)CCN1. The van der Waals surface area contributed by atoms with Crippen molar-refractivity contribution >= 4 is 23.4 Å². The third kappa shape index (κ3) is 2.90. The molecule has 2 aromatic rings. The second kappa shape index (κ2) is 5.57. The van der Waals surface area contributed by atoms with Gasteiger partial charge in [-0.1, -0.05) is 28.9 Å². The van der Waals surface area contributed by atoms with E-state index in [4.69, 9.17) is 16.1 Å². The van der Waals surface area contributed by atoms with Crippen molar-refractivity contribution in [3.63, 3.8) is 0 Å². The fourth-order valence-electron chi connectivity index (χ4n) is 2.13. The molecule has 0 unspecified atom stereocenters. The Labute approximate surface area is 125 Å². The van der Waals surface area contributed by atoms with Gasteiger partial charge in [0.05, 0.1) is 6.54 Å². The lowest BCUT2D eigenvalue weighted by atomic mass is 10.1. The van der Waals surface area contributed by atoms with Crippen LogP contribution in [-0.4, -0.2) is 41.5 Å². The molecule has 1 N–H and O–H groups in total. The minimum Gasteiger partial charge on any atom is -0.355 e. The number of amides is 2. The first kappa shape index (κ1) is 13.6. The summed E-state index contributed by atoms with van der Waals surface area (Å²) in [5, 5.41) is 7.02. The monoisotopic (exact) mass is 305 g/mol. The highest BCUT2D eigenvalue weighted by atomic mass is 35.5. The standard InChI is InChI=1S/C14H12ClN3O3/c15-10-3-1-2-9(6-10)12-7-11(17-21-12)14(20)18-5-4-16-13(19)8-18/h1-3,6-7H,4-5,8H2,(H,16,19). The number of piperazine rings is 1. The Morgan fingerprint density at radius 2 is 2.24 bits per heavy atom. The van der Waals surface area contributed by atoms with Crippen molar-refractivity contribution in [3.05, 3.63) is 41.0 Å². The van der Waals surface area contributed by atoms with Crippen molar-refractivity contribution in [3.8, 4) is 11.3 Å². The number of hydrogen-bond acceptors (Lipinski definition) is 4. The molecule has 3 rings (SSSR count). The molecule has 0 saturated carbocycles. The molecule has 1 fully saturated rings. The topological polar surface area (TPSA) is 75.4 Å². The number of halogens is 1. The number of rotatable bonds is 2. The lowest BCUT2D eigenvalue weighted by molar-refractivity contribution is -0.123. The predicted molar refractivity (Wildman–Crippen MR) is 75.9 cm³/mol. The molecule has 1 aliphatic rings. The van der Waals surface area contributed by atoms with E-state index in [1.54, 1.807) is 24.3 Å². The Kier molecular flexibility index (Phi) is 3.62. The van der Waals surface area contributed by atoms with E-state index >= 15 is 0 Å². The van der Waals surface area contributed by atoms with Crippen molar-refractivity contribution in [2.24, 2.45) is 0 Å². The molecule has 1 aromatic carbocycles. The summed E-state index contributed by atoms with van der Waals surface area (Å²) in [4.78, 5) is 25.0. The van der Waals surface area contributed by atoms with Gasteiger partial charge < -0.3 is 14.7 Å². The van der Waals surface area contributed by atoms with Gasteiger partial charge >= 0.3 is 0 Å². The molecular formula is C14H12ClN3O3. The summed E-state index contributed by atoms with van der Waals surface area (Å²) < 4.78 is 5.19. The Hall–Kier alpha value is -2.34. The van der Waals surface area contributed by atoms with E-state index in [9.17, 15) is 9.59 Å². The van der Waals surface area contributed by atoms with Gasteiger partial charge in [0.25, 0.3) is 5.91 Å². The van der Waals surface area contributed by atoms with Crippen molar-refractivity contribution in [1.29, 1.82) is 0 Å². The quantitative estimate of drug-likeness (QED) is 0.914. The highest BCUT2D eigenvalue weighted by Crippen LogP contribution is 2.23. The van der Waals surface area contributed by atoms with Crippen LogP contribution in [-0.2, 0) is 4.79 Å². The van der Waals surface area contributed by atoms with Crippen molar-refractivity contribution in [1.82, 2.24) is 15.4 Å². The molecule has 0 atom stereocenters. The Morgan fingerprint density at radius 3 is 3.00 bits per heavy atom. The van der Waals surface area contributed by atoms with E-state index < -0.39 is 0 Å². The number of benzene rings is 1. The van der Waals surface area contributed by atoms with Crippen LogP contribution < -0.4 is 5.32 Å². The lowest BCUT2D eigenvalue weighted by Crippen LogP contribution is -2.50. The molecular weight excluding hydrogens is 294 g/mol. The van der Waals surface area contributed by atoms with E-state index in [2.05, 4.69) is 10.5 Å². The fourth-order valence-corrected chi connectivity index (χ4v) is 2.32. The van der Waals surface area contributed by atoms with Gasteiger partial charge in [0.15, 0.2) is 11.5 Å². The zero-order valence-corrected chi connectivity index (χ0v) is 11.8. The number of hydrogen-bond donors (Lipinski definition) is 1. The highest BCUT2D eigenvalue weighted by molar-refractivity contribution is 6.30. The summed E-state index contributed by atoms with van der Waals surface area (Å²) >= 11 is 5.92. The normalized spacial score (nSPS) is 14.9. The highest BCUT2D eigenvalue weighted by Gasteiger charge is 2.25. The molecule has 0 spiro atoms. The first-order valence-electron chi connectivity index (χ1n) is 6.42. The summed E-state index contributed by atoms with van der Waals surface area (Å²) in [5.41, 5.74) is 0.921. The third-order valence-corrected chi connectivity index (χ3v) is 3.40. The summed E-state index contributed by atoms with van der Waals surface area (Å²) in [7, 11) is 0. The molecule has 0 aliphatic carbocycles. The van der Waals surface area contributed by atoms with E-state index in [0.717, 1.165) is 5.56 Å². The van der Waals surface area contributed by atoms with E-state index in [-0.39, 0.29) is 24.1 Å². The van der Waals surface area contributed by atoms with Crippen LogP contribution in [0.2, 0.25) is 5.02 Å². The molecule has 2 heterocycles. The van der Waals surface area contributed by atoms with Gasteiger partial charge in [-0.2, -0.15) is 0 Å². The summed E-state index contributed by atoms with van der Waals surface area (Å²) in [6.45, 7) is 0.950.